The summed E-state index contributed by atoms with van der Waals surface area (Å²) in [5.74, 6) is 1.15. The number of hydrogen-bond acceptors (Lipinski definition) is 2. The average Bonchev–Trinajstić information content (AvgIpc) is 2.83. The van der Waals surface area contributed by atoms with Crippen molar-refractivity contribution in [2.24, 2.45) is 0 Å². The Morgan fingerprint density at radius 3 is 2.82 bits per heavy atom. The second kappa shape index (κ2) is 4.69. The van der Waals surface area contributed by atoms with Crippen LogP contribution in [-0.4, -0.2) is 29.6 Å². The first-order valence-corrected chi connectivity index (χ1v) is 6.88. The molecule has 0 aromatic heterocycles. The molecule has 1 aliphatic heterocycles. The van der Waals surface area contributed by atoms with Crippen LogP contribution in [-0.2, 0) is 6.42 Å². The minimum absolute atomic E-state index is 0.508. The van der Waals surface area contributed by atoms with E-state index >= 15 is 0 Å². The molecule has 1 N–H and O–H groups in total. The molecule has 2 aliphatic rings. The van der Waals surface area contributed by atoms with Crippen LogP contribution in [0.1, 0.15) is 42.7 Å². The Morgan fingerprint density at radius 2 is 2.00 bits per heavy atom. The van der Waals surface area contributed by atoms with Crippen molar-refractivity contribution in [2.75, 3.05) is 19.6 Å². The first kappa shape index (κ1) is 11.1. The van der Waals surface area contributed by atoms with E-state index < -0.39 is 0 Å². The molecule has 1 aliphatic carbocycles. The third-order valence-electron chi connectivity index (χ3n) is 4.28. The first-order valence-electron chi connectivity index (χ1n) is 6.88. The van der Waals surface area contributed by atoms with Crippen LogP contribution >= 0.6 is 0 Å². The van der Waals surface area contributed by atoms with E-state index in [0.717, 1.165) is 6.42 Å². The van der Waals surface area contributed by atoms with Gasteiger partial charge in [-0.05, 0) is 68.3 Å². The van der Waals surface area contributed by atoms with Crippen molar-refractivity contribution in [3.8, 4) is 5.75 Å². The molecule has 92 valence electrons. The maximum atomic E-state index is 9.92. The van der Waals surface area contributed by atoms with Crippen LogP contribution in [0.5, 0.6) is 5.75 Å². The van der Waals surface area contributed by atoms with Gasteiger partial charge in [0.1, 0.15) is 5.75 Å². The zero-order valence-electron chi connectivity index (χ0n) is 10.4. The Hall–Kier alpha value is -1.02. The SMILES string of the molecule is Oc1cccc2c1CCCC2CN1CCCC1. The molecule has 1 aromatic rings. The van der Waals surface area contributed by atoms with Crippen molar-refractivity contribution in [3.05, 3.63) is 29.3 Å². The van der Waals surface area contributed by atoms with Crippen molar-refractivity contribution in [1.29, 1.82) is 0 Å². The molecular weight excluding hydrogens is 210 g/mol. The number of phenols is 1. The number of phenolic OH excluding ortho intramolecular Hbond substituents is 1. The van der Waals surface area contributed by atoms with Crippen molar-refractivity contribution in [3.63, 3.8) is 0 Å². The highest BCUT2D eigenvalue weighted by Crippen LogP contribution is 2.36. The van der Waals surface area contributed by atoms with Crippen LogP contribution in [0.4, 0.5) is 0 Å². The Balaban J connectivity index is 1.81. The van der Waals surface area contributed by atoms with Gasteiger partial charge in [0, 0.05) is 6.54 Å². The average molecular weight is 231 g/mol. The van der Waals surface area contributed by atoms with E-state index in [1.807, 2.05) is 12.1 Å². The Bertz CT molecular complexity index is 396. The van der Waals surface area contributed by atoms with Crippen LogP contribution in [0.2, 0.25) is 0 Å². The van der Waals surface area contributed by atoms with E-state index in [1.54, 1.807) is 0 Å². The van der Waals surface area contributed by atoms with Gasteiger partial charge < -0.3 is 10.0 Å². The summed E-state index contributed by atoms with van der Waals surface area (Å²) in [6, 6.07) is 6.04. The van der Waals surface area contributed by atoms with Crippen molar-refractivity contribution in [1.82, 2.24) is 4.90 Å². The highest BCUT2D eigenvalue weighted by atomic mass is 16.3. The molecule has 0 spiro atoms. The zero-order valence-corrected chi connectivity index (χ0v) is 10.4. The fourth-order valence-corrected chi connectivity index (χ4v) is 3.39. The van der Waals surface area contributed by atoms with Crippen molar-refractivity contribution >= 4 is 0 Å². The molecule has 0 radical (unpaired) electrons. The topological polar surface area (TPSA) is 23.5 Å². The lowest BCUT2D eigenvalue weighted by molar-refractivity contribution is 0.299. The van der Waals surface area contributed by atoms with Gasteiger partial charge in [0.15, 0.2) is 0 Å². The number of nitrogens with zero attached hydrogens (tertiary/aromatic N) is 1. The predicted molar refractivity (Wildman–Crippen MR) is 69.5 cm³/mol. The molecule has 0 amide bonds. The summed E-state index contributed by atoms with van der Waals surface area (Å²) in [4.78, 5) is 2.59. The lowest BCUT2D eigenvalue weighted by atomic mass is 9.82. The fraction of sp³-hybridized carbons (Fsp3) is 0.600. The van der Waals surface area contributed by atoms with Crippen LogP contribution in [0, 0.1) is 0 Å². The minimum atomic E-state index is 0.508. The number of likely N-dealkylation sites (tertiary alicyclic amines) is 1. The van der Waals surface area contributed by atoms with Gasteiger partial charge in [0.05, 0.1) is 0 Å². The first-order chi connectivity index (χ1) is 8.34. The van der Waals surface area contributed by atoms with E-state index in [9.17, 15) is 5.11 Å². The lowest BCUT2D eigenvalue weighted by Crippen LogP contribution is -2.27. The summed E-state index contributed by atoms with van der Waals surface area (Å²) in [6.07, 6.45) is 6.29. The van der Waals surface area contributed by atoms with Gasteiger partial charge in [0.25, 0.3) is 0 Å². The van der Waals surface area contributed by atoms with Gasteiger partial charge in [-0.3, -0.25) is 0 Å². The molecular formula is C15H21NO. The van der Waals surface area contributed by atoms with Crippen LogP contribution < -0.4 is 0 Å². The van der Waals surface area contributed by atoms with Gasteiger partial charge >= 0.3 is 0 Å². The monoisotopic (exact) mass is 231 g/mol. The van der Waals surface area contributed by atoms with E-state index in [0.29, 0.717) is 11.7 Å². The Kier molecular flexibility index (Phi) is 3.06. The predicted octanol–water partition coefficient (Wildman–Crippen LogP) is 2.91. The van der Waals surface area contributed by atoms with Gasteiger partial charge in [0.2, 0.25) is 0 Å². The number of benzene rings is 1. The molecule has 3 rings (SSSR count). The molecule has 1 fully saturated rings. The summed E-state index contributed by atoms with van der Waals surface area (Å²) >= 11 is 0. The van der Waals surface area contributed by atoms with E-state index in [1.165, 1.54) is 56.4 Å². The third kappa shape index (κ3) is 2.19. The third-order valence-corrected chi connectivity index (χ3v) is 4.28. The standard InChI is InChI=1S/C15H21NO/c17-15-8-4-6-13-12(5-3-7-14(13)15)11-16-9-1-2-10-16/h4,6,8,12,17H,1-3,5,7,9-11H2. The summed E-state index contributed by atoms with van der Waals surface area (Å²) < 4.78 is 0. The van der Waals surface area contributed by atoms with Gasteiger partial charge in [-0.1, -0.05) is 12.1 Å². The summed E-state index contributed by atoms with van der Waals surface area (Å²) in [5.41, 5.74) is 2.62. The fourth-order valence-electron chi connectivity index (χ4n) is 3.39. The molecule has 2 nitrogen and oxygen atoms in total. The van der Waals surface area contributed by atoms with E-state index in [4.69, 9.17) is 0 Å². The highest BCUT2D eigenvalue weighted by Gasteiger charge is 2.25. The summed E-state index contributed by atoms with van der Waals surface area (Å²) in [5, 5.41) is 9.92. The number of hydrogen-bond donors (Lipinski definition) is 1. The molecule has 0 bridgehead atoms. The maximum absolute atomic E-state index is 9.92. The smallest absolute Gasteiger partial charge is 0.119 e. The van der Waals surface area contributed by atoms with Crippen LogP contribution in [0.15, 0.2) is 18.2 Å². The molecule has 1 saturated heterocycles. The van der Waals surface area contributed by atoms with Crippen molar-refractivity contribution in [2.45, 2.75) is 38.0 Å². The van der Waals surface area contributed by atoms with Gasteiger partial charge in [-0.15, -0.1) is 0 Å². The number of rotatable bonds is 2. The van der Waals surface area contributed by atoms with Crippen LogP contribution in [0.3, 0.4) is 0 Å². The molecule has 17 heavy (non-hydrogen) atoms. The summed E-state index contributed by atoms with van der Waals surface area (Å²) in [6.45, 7) is 3.73. The summed E-state index contributed by atoms with van der Waals surface area (Å²) in [7, 11) is 0. The number of fused-ring (bicyclic) bond motifs is 1. The van der Waals surface area contributed by atoms with Crippen LogP contribution in [0.25, 0.3) is 0 Å². The molecule has 1 atom stereocenters. The highest BCUT2D eigenvalue weighted by molar-refractivity contribution is 5.42. The van der Waals surface area contributed by atoms with E-state index in [-0.39, 0.29) is 0 Å². The molecule has 2 heteroatoms. The van der Waals surface area contributed by atoms with Gasteiger partial charge in [-0.2, -0.15) is 0 Å². The maximum Gasteiger partial charge on any atom is 0.119 e. The van der Waals surface area contributed by atoms with Gasteiger partial charge in [-0.25, -0.2) is 0 Å². The largest absolute Gasteiger partial charge is 0.508 e. The second-order valence-electron chi connectivity index (χ2n) is 5.44. The second-order valence-corrected chi connectivity index (χ2v) is 5.44. The Labute approximate surface area is 103 Å². The quantitative estimate of drug-likeness (QED) is 0.846. The zero-order chi connectivity index (χ0) is 11.7. The van der Waals surface area contributed by atoms with Crippen molar-refractivity contribution < 1.29 is 5.11 Å². The normalized spacial score (nSPS) is 24.8. The molecule has 1 heterocycles. The minimum Gasteiger partial charge on any atom is -0.508 e. The molecule has 1 aromatic carbocycles. The number of aromatic hydroxyl groups is 1. The molecule has 1 unspecified atom stereocenters. The molecule has 0 saturated carbocycles. The van der Waals surface area contributed by atoms with E-state index in [2.05, 4.69) is 11.0 Å². The Morgan fingerprint density at radius 1 is 1.18 bits per heavy atom. The lowest BCUT2D eigenvalue weighted by Gasteiger charge is -2.29.